The number of anilines is 1. The summed E-state index contributed by atoms with van der Waals surface area (Å²) in [5.41, 5.74) is 6.58. The monoisotopic (exact) mass is 200 g/mol. The standard InChI is InChI=1S/C8H12N2O2S/c1-3-13(11,12)8-5-4-7(9)6(2)10-8/h4-5H,3,9H2,1-2H3. The van der Waals surface area contributed by atoms with E-state index >= 15 is 0 Å². The molecule has 0 aliphatic carbocycles. The number of aromatic nitrogens is 1. The third-order valence-electron chi connectivity index (χ3n) is 1.80. The molecule has 0 saturated carbocycles. The number of nitrogens with two attached hydrogens (primary N) is 1. The Kier molecular flexibility index (Phi) is 2.56. The summed E-state index contributed by atoms with van der Waals surface area (Å²) in [6.45, 7) is 3.27. The van der Waals surface area contributed by atoms with Gasteiger partial charge in [0.2, 0.25) is 0 Å². The lowest BCUT2D eigenvalue weighted by molar-refractivity contribution is 0.593. The second-order valence-corrected chi connectivity index (χ2v) is 4.95. The van der Waals surface area contributed by atoms with Crippen molar-refractivity contribution in [3.05, 3.63) is 17.8 Å². The first-order chi connectivity index (χ1) is 5.97. The number of aryl methyl sites for hydroxylation is 1. The lowest BCUT2D eigenvalue weighted by Gasteiger charge is -2.03. The molecule has 0 unspecified atom stereocenters. The first-order valence-electron chi connectivity index (χ1n) is 3.93. The van der Waals surface area contributed by atoms with Gasteiger partial charge >= 0.3 is 0 Å². The Balaban J connectivity index is 3.27. The van der Waals surface area contributed by atoms with Gasteiger partial charge in [0.15, 0.2) is 14.9 Å². The van der Waals surface area contributed by atoms with Crippen LogP contribution in [0.3, 0.4) is 0 Å². The van der Waals surface area contributed by atoms with Crippen LogP contribution in [0.5, 0.6) is 0 Å². The molecule has 0 atom stereocenters. The van der Waals surface area contributed by atoms with Crippen molar-refractivity contribution >= 4 is 15.5 Å². The number of hydrogen-bond donors (Lipinski definition) is 1. The van der Waals surface area contributed by atoms with Gasteiger partial charge in [-0.2, -0.15) is 0 Å². The van der Waals surface area contributed by atoms with Crippen molar-refractivity contribution in [3.63, 3.8) is 0 Å². The van der Waals surface area contributed by atoms with Crippen LogP contribution in [-0.4, -0.2) is 19.2 Å². The van der Waals surface area contributed by atoms with E-state index in [0.717, 1.165) is 0 Å². The molecule has 5 heteroatoms. The highest BCUT2D eigenvalue weighted by Gasteiger charge is 2.13. The molecule has 2 N–H and O–H groups in total. The second-order valence-electron chi connectivity index (χ2n) is 2.73. The number of sulfone groups is 1. The molecule has 0 fully saturated rings. The fourth-order valence-corrected chi connectivity index (χ4v) is 1.72. The van der Waals surface area contributed by atoms with Crippen molar-refractivity contribution in [1.29, 1.82) is 0 Å². The molecule has 0 saturated heterocycles. The Morgan fingerprint density at radius 1 is 1.46 bits per heavy atom. The molecule has 0 aliphatic rings. The zero-order valence-corrected chi connectivity index (χ0v) is 8.43. The summed E-state index contributed by atoms with van der Waals surface area (Å²) in [5.74, 6) is 0.0589. The first-order valence-corrected chi connectivity index (χ1v) is 5.58. The van der Waals surface area contributed by atoms with E-state index in [1.165, 1.54) is 6.07 Å². The van der Waals surface area contributed by atoms with E-state index in [-0.39, 0.29) is 10.8 Å². The predicted molar refractivity (Wildman–Crippen MR) is 51.1 cm³/mol. The van der Waals surface area contributed by atoms with E-state index in [1.54, 1.807) is 19.9 Å². The highest BCUT2D eigenvalue weighted by Crippen LogP contribution is 2.13. The largest absolute Gasteiger partial charge is 0.397 e. The molecule has 1 aromatic rings. The molecule has 1 rings (SSSR count). The summed E-state index contributed by atoms with van der Waals surface area (Å²) in [6, 6.07) is 2.99. The van der Waals surface area contributed by atoms with E-state index < -0.39 is 9.84 Å². The average molecular weight is 200 g/mol. The van der Waals surface area contributed by atoms with Crippen molar-refractivity contribution in [3.8, 4) is 0 Å². The maximum absolute atomic E-state index is 11.4. The molecule has 1 heterocycles. The quantitative estimate of drug-likeness (QED) is 0.765. The second kappa shape index (κ2) is 3.33. The number of rotatable bonds is 2. The third-order valence-corrected chi connectivity index (χ3v) is 3.42. The van der Waals surface area contributed by atoms with E-state index in [4.69, 9.17) is 5.73 Å². The Morgan fingerprint density at radius 3 is 2.54 bits per heavy atom. The minimum absolute atomic E-state index is 0.0589. The van der Waals surface area contributed by atoms with Crippen LogP contribution in [0.15, 0.2) is 17.2 Å². The topological polar surface area (TPSA) is 73.0 Å². The molecule has 4 nitrogen and oxygen atoms in total. The lowest BCUT2D eigenvalue weighted by atomic mass is 10.3. The van der Waals surface area contributed by atoms with E-state index in [1.807, 2.05) is 0 Å². The van der Waals surface area contributed by atoms with Gasteiger partial charge in [-0.3, -0.25) is 0 Å². The van der Waals surface area contributed by atoms with Crippen molar-refractivity contribution in [1.82, 2.24) is 4.98 Å². The van der Waals surface area contributed by atoms with Crippen LogP contribution in [0.4, 0.5) is 5.69 Å². The summed E-state index contributed by atoms with van der Waals surface area (Å²) < 4.78 is 22.7. The van der Waals surface area contributed by atoms with Crippen molar-refractivity contribution in [2.24, 2.45) is 0 Å². The number of pyridine rings is 1. The summed E-state index contributed by atoms with van der Waals surface area (Å²) >= 11 is 0. The molecule has 0 aromatic carbocycles. The number of hydrogen-bond acceptors (Lipinski definition) is 4. The van der Waals surface area contributed by atoms with Crippen LogP contribution in [-0.2, 0) is 9.84 Å². The van der Waals surface area contributed by atoms with Gasteiger partial charge in [0.1, 0.15) is 0 Å². The maximum Gasteiger partial charge on any atom is 0.195 e. The molecular formula is C8H12N2O2S. The molecule has 0 bridgehead atoms. The molecular weight excluding hydrogens is 188 g/mol. The minimum Gasteiger partial charge on any atom is -0.397 e. The Hall–Kier alpha value is -1.10. The van der Waals surface area contributed by atoms with Crippen LogP contribution in [0, 0.1) is 6.92 Å². The van der Waals surface area contributed by atoms with Crippen LogP contribution >= 0.6 is 0 Å². The van der Waals surface area contributed by atoms with Gasteiger partial charge in [-0.05, 0) is 19.1 Å². The van der Waals surface area contributed by atoms with Gasteiger partial charge in [-0.1, -0.05) is 6.92 Å². The maximum atomic E-state index is 11.4. The summed E-state index contributed by atoms with van der Waals surface area (Å²) in [4.78, 5) is 3.90. The normalized spacial score (nSPS) is 11.5. The van der Waals surface area contributed by atoms with Crippen LogP contribution in [0.1, 0.15) is 12.6 Å². The molecule has 0 radical (unpaired) electrons. The molecule has 0 amide bonds. The van der Waals surface area contributed by atoms with Gasteiger partial charge in [-0.15, -0.1) is 0 Å². The Bertz CT molecular complexity index is 412. The first kappa shape index (κ1) is 9.98. The van der Waals surface area contributed by atoms with Gasteiger partial charge < -0.3 is 5.73 Å². The predicted octanol–water partition coefficient (Wildman–Crippen LogP) is 0.766. The number of nitrogens with zero attached hydrogens (tertiary/aromatic N) is 1. The molecule has 0 aliphatic heterocycles. The Morgan fingerprint density at radius 2 is 2.08 bits per heavy atom. The summed E-state index contributed by atoms with van der Waals surface area (Å²) in [5, 5.41) is 0.0988. The average Bonchev–Trinajstić information content (AvgIpc) is 2.09. The zero-order chi connectivity index (χ0) is 10.1. The summed E-state index contributed by atoms with van der Waals surface area (Å²) in [7, 11) is -3.20. The van der Waals surface area contributed by atoms with Gasteiger partial charge in [-0.25, -0.2) is 13.4 Å². The lowest BCUT2D eigenvalue weighted by Crippen LogP contribution is -2.07. The van der Waals surface area contributed by atoms with Gasteiger partial charge in [0.05, 0.1) is 17.1 Å². The third kappa shape index (κ3) is 1.98. The van der Waals surface area contributed by atoms with Crippen molar-refractivity contribution in [2.45, 2.75) is 18.9 Å². The summed E-state index contributed by atoms with van der Waals surface area (Å²) in [6.07, 6.45) is 0. The fourth-order valence-electron chi connectivity index (χ4n) is 0.870. The Labute approximate surface area is 77.7 Å². The smallest absolute Gasteiger partial charge is 0.195 e. The zero-order valence-electron chi connectivity index (χ0n) is 7.61. The number of nitrogen functional groups attached to an aromatic ring is 1. The van der Waals surface area contributed by atoms with E-state index in [9.17, 15) is 8.42 Å². The molecule has 72 valence electrons. The molecule has 0 spiro atoms. The molecule has 1 aromatic heterocycles. The minimum atomic E-state index is -3.20. The van der Waals surface area contributed by atoms with Crippen LogP contribution < -0.4 is 5.73 Å². The van der Waals surface area contributed by atoms with Crippen LogP contribution in [0.2, 0.25) is 0 Å². The van der Waals surface area contributed by atoms with Crippen LogP contribution in [0.25, 0.3) is 0 Å². The highest BCUT2D eigenvalue weighted by molar-refractivity contribution is 7.91. The van der Waals surface area contributed by atoms with E-state index in [2.05, 4.69) is 4.98 Å². The van der Waals surface area contributed by atoms with Crippen molar-refractivity contribution in [2.75, 3.05) is 11.5 Å². The van der Waals surface area contributed by atoms with Gasteiger partial charge in [0, 0.05) is 0 Å². The molecule has 13 heavy (non-hydrogen) atoms. The highest BCUT2D eigenvalue weighted by atomic mass is 32.2. The SMILES string of the molecule is CCS(=O)(=O)c1ccc(N)c(C)n1. The van der Waals surface area contributed by atoms with Crippen molar-refractivity contribution < 1.29 is 8.42 Å². The van der Waals surface area contributed by atoms with E-state index in [0.29, 0.717) is 11.4 Å². The fraction of sp³-hybridized carbons (Fsp3) is 0.375. The van der Waals surface area contributed by atoms with Gasteiger partial charge in [0.25, 0.3) is 0 Å².